The lowest BCUT2D eigenvalue weighted by molar-refractivity contribution is -0.142. The van der Waals surface area contributed by atoms with Crippen LogP contribution in [0.4, 0.5) is 0 Å². The topological polar surface area (TPSA) is 123 Å². The third-order valence-corrected chi connectivity index (χ3v) is 7.33. The molecule has 2 aromatic rings. The summed E-state index contributed by atoms with van der Waals surface area (Å²) in [4.78, 5) is 42.5. The number of fused-ring (bicyclic) bond motifs is 1. The molecule has 0 saturated heterocycles. The van der Waals surface area contributed by atoms with Gasteiger partial charge >= 0.3 is 19.5 Å². The second-order valence-electron chi connectivity index (χ2n) is 7.81. The zero-order chi connectivity index (χ0) is 25.6. The van der Waals surface area contributed by atoms with Crippen LogP contribution in [0.1, 0.15) is 72.3 Å². The fourth-order valence-electron chi connectivity index (χ4n) is 3.98. The molecule has 0 fully saturated rings. The highest BCUT2D eigenvalue weighted by molar-refractivity contribution is 7.61. The van der Waals surface area contributed by atoms with Crippen molar-refractivity contribution in [2.45, 2.75) is 53.0 Å². The molecule has 10 nitrogen and oxygen atoms in total. The lowest BCUT2D eigenvalue weighted by Gasteiger charge is -2.15. The van der Waals surface area contributed by atoms with Gasteiger partial charge in [-0.2, -0.15) is 0 Å². The first-order valence-electron chi connectivity index (χ1n) is 11.8. The van der Waals surface area contributed by atoms with Gasteiger partial charge in [0, 0.05) is 18.2 Å². The number of carbonyl (C=O) groups is 3. The van der Waals surface area contributed by atoms with Crippen LogP contribution in [0.5, 0.6) is 0 Å². The van der Waals surface area contributed by atoms with Crippen LogP contribution in [-0.2, 0) is 40.7 Å². The maximum absolute atomic E-state index is 13.5. The molecule has 0 spiro atoms. The smallest absolute Gasteiger partial charge is 0.381 e. The highest BCUT2D eigenvalue weighted by atomic mass is 31.2. The quantitative estimate of drug-likeness (QED) is 0.315. The van der Waals surface area contributed by atoms with Crippen LogP contribution in [-0.4, -0.2) is 53.7 Å². The van der Waals surface area contributed by atoms with Crippen LogP contribution in [0, 0.1) is 0 Å². The molecule has 0 radical (unpaired) electrons. The molecule has 0 amide bonds. The van der Waals surface area contributed by atoms with Gasteiger partial charge in [-0.3, -0.25) is 14.2 Å². The molecule has 1 aromatic heterocycles. The molecule has 11 heteroatoms. The summed E-state index contributed by atoms with van der Waals surface area (Å²) in [7, 11) is -3.83. The van der Waals surface area contributed by atoms with Crippen molar-refractivity contribution in [3.8, 4) is 0 Å². The number of carbonyl (C=O) groups excluding carboxylic acids is 3. The average molecular weight is 506 g/mol. The number of hydrogen-bond acceptors (Lipinski definition) is 9. The molecule has 0 aliphatic heterocycles. The molecule has 0 saturated carbocycles. The second kappa shape index (κ2) is 11.7. The molecular weight excluding hydrogens is 475 g/mol. The maximum atomic E-state index is 13.5. The van der Waals surface area contributed by atoms with Gasteiger partial charge in [0.2, 0.25) is 5.82 Å². The first-order chi connectivity index (χ1) is 16.8. The van der Waals surface area contributed by atoms with Crippen LogP contribution in [0.25, 0.3) is 0 Å². The van der Waals surface area contributed by atoms with Crippen molar-refractivity contribution in [3.05, 3.63) is 46.9 Å². The van der Waals surface area contributed by atoms with E-state index in [1.807, 2.05) is 6.92 Å². The summed E-state index contributed by atoms with van der Waals surface area (Å²) in [5.74, 6) is -1.56. The van der Waals surface area contributed by atoms with Gasteiger partial charge in [-0.25, -0.2) is 9.78 Å². The molecule has 190 valence electrons. The normalized spacial score (nSPS) is 16.6. The van der Waals surface area contributed by atoms with Gasteiger partial charge in [0.25, 0.3) is 0 Å². The van der Waals surface area contributed by atoms with E-state index in [2.05, 4.69) is 4.98 Å². The zero-order valence-corrected chi connectivity index (χ0v) is 21.3. The molecule has 1 aliphatic carbocycles. The van der Waals surface area contributed by atoms with Crippen LogP contribution in [0.15, 0.2) is 24.4 Å². The molecule has 2 unspecified atom stereocenters. The number of benzene rings is 1. The Hall–Kier alpha value is -2.81. The van der Waals surface area contributed by atoms with E-state index in [-0.39, 0.29) is 62.3 Å². The summed E-state index contributed by atoms with van der Waals surface area (Å²) in [6.45, 7) is 7.55. The Kier molecular flexibility index (Phi) is 8.99. The first-order valence-corrected chi connectivity index (χ1v) is 13.3. The number of nitrogens with zero attached hydrogens (tertiary/aromatic N) is 2. The van der Waals surface area contributed by atoms with Gasteiger partial charge in [-0.05, 0) is 38.3 Å². The Morgan fingerprint density at radius 1 is 1.09 bits per heavy atom. The number of esters is 2. The van der Waals surface area contributed by atoms with Crippen molar-refractivity contribution in [1.29, 1.82) is 0 Å². The molecular formula is C24H31N2O8P. The third-order valence-electron chi connectivity index (χ3n) is 5.44. The van der Waals surface area contributed by atoms with Gasteiger partial charge in [-0.15, -0.1) is 0 Å². The molecule has 2 atom stereocenters. The Bertz CT molecular complexity index is 1140. The van der Waals surface area contributed by atoms with Gasteiger partial charge in [0.15, 0.2) is 11.2 Å². The van der Waals surface area contributed by atoms with Crippen molar-refractivity contribution in [2.24, 2.45) is 0 Å². The predicted molar refractivity (Wildman–Crippen MR) is 127 cm³/mol. The van der Waals surface area contributed by atoms with Crippen molar-refractivity contribution in [2.75, 3.05) is 26.4 Å². The maximum Gasteiger partial charge on any atom is 0.381 e. The van der Waals surface area contributed by atoms with E-state index in [0.717, 1.165) is 0 Å². The molecule has 0 bridgehead atoms. The Labute approximate surface area is 204 Å². The van der Waals surface area contributed by atoms with Crippen molar-refractivity contribution >= 4 is 30.8 Å². The summed E-state index contributed by atoms with van der Waals surface area (Å²) in [5, 5.41) is 0. The van der Waals surface area contributed by atoms with Crippen LogP contribution < -0.4 is 5.44 Å². The second-order valence-corrected chi connectivity index (χ2v) is 9.78. The minimum atomic E-state index is -3.83. The van der Waals surface area contributed by atoms with E-state index < -0.39 is 19.6 Å². The molecule has 35 heavy (non-hydrogen) atoms. The summed E-state index contributed by atoms with van der Waals surface area (Å²) in [6.07, 6.45) is 2.22. The summed E-state index contributed by atoms with van der Waals surface area (Å²) in [6, 6.07) is 4.33. The van der Waals surface area contributed by atoms with Gasteiger partial charge in [0.05, 0.1) is 32.8 Å². The fraction of sp³-hybridized carbons (Fsp3) is 0.500. The first kappa shape index (κ1) is 26.8. The summed E-state index contributed by atoms with van der Waals surface area (Å²) < 4.78 is 36.0. The van der Waals surface area contributed by atoms with Crippen molar-refractivity contribution in [1.82, 2.24) is 9.55 Å². The monoisotopic (exact) mass is 506 g/mol. The third kappa shape index (κ3) is 5.72. The Morgan fingerprint density at radius 2 is 1.83 bits per heavy atom. The summed E-state index contributed by atoms with van der Waals surface area (Å²) in [5.41, 5.74) is 1.78. The largest absolute Gasteiger partial charge is 0.466 e. The molecule has 1 heterocycles. The van der Waals surface area contributed by atoms with E-state index in [4.69, 9.17) is 18.5 Å². The Morgan fingerprint density at radius 3 is 2.49 bits per heavy atom. The van der Waals surface area contributed by atoms with E-state index in [1.54, 1.807) is 39.0 Å². The fourth-order valence-corrected chi connectivity index (χ4v) is 5.56. The average Bonchev–Trinajstić information content (AvgIpc) is 3.41. The van der Waals surface area contributed by atoms with Crippen molar-refractivity contribution in [3.63, 3.8) is 0 Å². The van der Waals surface area contributed by atoms with E-state index in [1.165, 1.54) is 10.8 Å². The minimum absolute atomic E-state index is 0.0291. The molecule has 1 aromatic carbocycles. The molecule has 1 aliphatic rings. The number of aromatic nitrogens is 2. The van der Waals surface area contributed by atoms with E-state index in [9.17, 15) is 18.9 Å². The molecule has 3 rings (SSSR count). The predicted octanol–water partition coefficient (Wildman–Crippen LogP) is 3.43. The number of Topliss-reactive ketones (excluding diaryl/α,β-unsaturated/α-hetero) is 1. The van der Waals surface area contributed by atoms with Gasteiger partial charge < -0.3 is 23.1 Å². The van der Waals surface area contributed by atoms with E-state index >= 15 is 0 Å². The highest BCUT2D eigenvalue weighted by Crippen LogP contribution is 2.47. The van der Waals surface area contributed by atoms with Gasteiger partial charge in [0.1, 0.15) is 6.04 Å². The number of ether oxygens (including phenoxy) is 2. The van der Waals surface area contributed by atoms with Crippen LogP contribution in [0.3, 0.4) is 0 Å². The minimum Gasteiger partial charge on any atom is -0.466 e. The number of imidazole rings is 1. The zero-order valence-electron chi connectivity index (χ0n) is 20.4. The number of hydrogen-bond donors (Lipinski definition) is 0. The number of ketones is 1. The van der Waals surface area contributed by atoms with Crippen LogP contribution in [0.2, 0.25) is 0 Å². The van der Waals surface area contributed by atoms with Crippen LogP contribution >= 0.6 is 7.60 Å². The summed E-state index contributed by atoms with van der Waals surface area (Å²) >= 11 is 0. The standard InChI is InChI=1S/C24H31N2O8P/c1-5-12-34-35(30,33-8-4)20-15-26(23(25-20)24(29)32-7-3)19-14-18-16(13-21(27)31-6-2)10-9-11-17(18)22(19)28/h9-11,15,19H,5-8,12-14H2,1-4H3. The number of rotatable bonds is 12. The van der Waals surface area contributed by atoms with Gasteiger partial charge in [-0.1, -0.05) is 25.1 Å². The molecule has 0 N–H and O–H groups in total. The lowest BCUT2D eigenvalue weighted by atomic mass is 10.0. The lowest BCUT2D eigenvalue weighted by Crippen LogP contribution is -2.21. The SMILES string of the molecule is CCCOP(=O)(OCC)c1cn(C2Cc3c(CC(=O)OCC)cccc3C2=O)c(C(=O)OCC)n1. The van der Waals surface area contributed by atoms with E-state index in [0.29, 0.717) is 23.1 Å². The van der Waals surface area contributed by atoms with Crippen molar-refractivity contribution < 1.29 is 37.5 Å². The highest BCUT2D eigenvalue weighted by Gasteiger charge is 2.39. The Balaban J connectivity index is 2.04.